The molecular weight excluding hydrogens is 143 g/mol. The van der Waals surface area contributed by atoms with Crippen LogP contribution in [0, 0.1) is 0 Å². The van der Waals surface area contributed by atoms with Crippen LogP contribution >= 0.6 is 22.7 Å². The Morgan fingerprint density at radius 1 is 1.57 bits per heavy atom. The van der Waals surface area contributed by atoms with Crippen molar-refractivity contribution in [2.24, 2.45) is 0 Å². The third kappa shape index (κ3) is 19.1. The quantitative estimate of drug-likeness (QED) is 0.454. The molecule has 0 rings (SSSR count). The maximum absolute atomic E-state index is 4.56. The normalized spacial score (nSPS) is 6.71. The summed E-state index contributed by atoms with van der Waals surface area (Å²) in [5.74, 6) is 1.04. The van der Waals surface area contributed by atoms with Gasteiger partial charge >= 0.3 is 0 Å². The first-order valence-corrected chi connectivity index (χ1v) is 4.62. The molecule has 0 unspecified atom stereocenters. The lowest BCUT2D eigenvalue weighted by atomic mass is 10.4. The van der Waals surface area contributed by atoms with Gasteiger partial charge in [-0.15, -0.1) is 0 Å². The SMILES string of the molecule is CCCCS.[Al][Cl]. The molecule has 0 aliphatic rings. The van der Waals surface area contributed by atoms with Crippen LogP contribution in [0.15, 0.2) is 0 Å². The van der Waals surface area contributed by atoms with Crippen molar-refractivity contribution in [1.82, 2.24) is 0 Å². The minimum atomic E-state index is 1.04. The summed E-state index contributed by atoms with van der Waals surface area (Å²) in [6.45, 7) is 2.16. The average molecular weight is 153 g/mol. The molecule has 0 atom stereocenters. The standard InChI is InChI=1S/C4H10S.Al.ClH/c1-2-3-4-5;;/h5H,2-4H2,1H3;;1H/q;+1;/p-1. The van der Waals surface area contributed by atoms with Crippen LogP contribution in [-0.2, 0) is 0 Å². The Morgan fingerprint density at radius 2 is 2.00 bits per heavy atom. The van der Waals surface area contributed by atoms with E-state index in [4.69, 9.17) is 0 Å². The molecule has 0 saturated carbocycles. The van der Waals surface area contributed by atoms with E-state index in [0.29, 0.717) is 0 Å². The van der Waals surface area contributed by atoms with Gasteiger partial charge in [-0.1, -0.05) is 13.3 Å². The van der Waals surface area contributed by atoms with Gasteiger partial charge in [0, 0.05) is 0 Å². The molecule has 42 valence electrons. The van der Waals surface area contributed by atoms with Crippen molar-refractivity contribution >= 4 is 38.0 Å². The molecule has 0 amide bonds. The lowest BCUT2D eigenvalue weighted by Gasteiger charge is -1.78. The van der Waals surface area contributed by atoms with Gasteiger partial charge in [-0.25, -0.2) is 0 Å². The zero-order valence-electron chi connectivity index (χ0n) is 4.52. The van der Waals surface area contributed by atoms with E-state index in [2.05, 4.69) is 29.6 Å². The molecule has 0 aromatic rings. The van der Waals surface area contributed by atoms with E-state index in [-0.39, 0.29) is 0 Å². The smallest absolute Gasteiger partial charge is 0.293 e. The second-order valence-electron chi connectivity index (χ2n) is 1.08. The predicted molar refractivity (Wildman–Crippen MR) is 40.4 cm³/mol. The van der Waals surface area contributed by atoms with Gasteiger partial charge in [0.25, 0.3) is 15.4 Å². The molecule has 0 bridgehead atoms. The predicted octanol–water partition coefficient (Wildman–Crippen LogP) is 2.02. The molecule has 0 nitrogen and oxygen atoms in total. The number of halogens is 1. The van der Waals surface area contributed by atoms with Gasteiger partial charge in [0.05, 0.1) is 0 Å². The highest BCUT2D eigenvalue weighted by molar-refractivity contribution is 7.80. The van der Waals surface area contributed by atoms with Gasteiger partial charge in [-0.2, -0.15) is 12.6 Å². The van der Waals surface area contributed by atoms with E-state index in [1.807, 2.05) is 15.4 Å². The Morgan fingerprint density at radius 3 is 2.00 bits per heavy atom. The molecule has 0 spiro atoms. The molecule has 0 fully saturated rings. The van der Waals surface area contributed by atoms with Crippen LogP contribution in [0.5, 0.6) is 0 Å². The van der Waals surface area contributed by atoms with E-state index in [1.54, 1.807) is 0 Å². The van der Waals surface area contributed by atoms with Crippen LogP contribution in [0.25, 0.3) is 0 Å². The van der Waals surface area contributed by atoms with E-state index in [0.717, 1.165) is 5.75 Å². The second kappa shape index (κ2) is 15.7. The number of hydrogen-bond donors (Lipinski definition) is 1. The fourth-order valence-electron chi connectivity index (χ4n) is 0.158. The van der Waals surface area contributed by atoms with Crippen molar-refractivity contribution < 1.29 is 0 Å². The van der Waals surface area contributed by atoms with Crippen molar-refractivity contribution in [2.45, 2.75) is 19.8 Å². The summed E-state index contributed by atoms with van der Waals surface area (Å²) in [4.78, 5) is 0. The molecule has 0 aliphatic carbocycles. The zero-order chi connectivity index (χ0) is 6.12. The van der Waals surface area contributed by atoms with Gasteiger partial charge in [-0.3, -0.25) is 10.0 Å². The fourth-order valence-corrected chi connectivity index (χ4v) is 0.474. The Hall–Kier alpha value is 1.17. The minimum Gasteiger partial charge on any atom is -0.293 e. The highest BCUT2D eigenvalue weighted by atomic mass is 35.6. The summed E-state index contributed by atoms with van der Waals surface area (Å²) in [7, 11) is 4.56. The summed E-state index contributed by atoms with van der Waals surface area (Å²) < 4.78 is 0. The lowest BCUT2D eigenvalue weighted by Crippen LogP contribution is -1.65. The maximum atomic E-state index is 4.56. The Kier molecular flexibility index (Phi) is 24.7. The van der Waals surface area contributed by atoms with Gasteiger partial charge in [0.15, 0.2) is 0 Å². The van der Waals surface area contributed by atoms with Crippen molar-refractivity contribution in [3.63, 3.8) is 0 Å². The Labute approximate surface area is 63.7 Å². The summed E-state index contributed by atoms with van der Waals surface area (Å²) in [6.07, 6.45) is 2.52. The number of rotatable bonds is 2. The highest BCUT2D eigenvalue weighted by Crippen LogP contribution is 1.85. The largest absolute Gasteiger partial charge is 0.293 e. The van der Waals surface area contributed by atoms with Crippen LogP contribution in [0.2, 0.25) is 0 Å². The fraction of sp³-hybridized carbons (Fsp3) is 1.00. The van der Waals surface area contributed by atoms with Gasteiger partial charge < -0.3 is 0 Å². The Balaban J connectivity index is 0. The van der Waals surface area contributed by atoms with Crippen molar-refractivity contribution in [3.05, 3.63) is 0 Å². The number of hydrogen-bond acceptors (Lipinski definition) is 1. The molecule has 3 heteroatoms. The monoisotopic (exact) mass is 152 g/mol. The molecule has 0 aromatic carbocycles. The molecule has 0 aliphatic heterocycles. The molecule has 2 radical (unpaired) electrons. The summed E-state index contributed by atoms with van der Waals surface area (Å²) in [6, 6.07) is 0. The molecule has 0 saturated heterocycles. The van der Waals surface area contributed by atoms with Gasteiger partial charge in [-0.05, 0) is 12.2 Å². The minimum absolute atomic E-state index is 1.04. The summed E-state index contributed by atoms with van der Waals surface area (Å²) in [5.41, 5.74) is 0. The van der Waals surface area contributed by atoms with E-state index in [1.165, 1.54) is 12.8 Å². The molecule has 0 N–H and O–H groups in total. The van der Waals surface area contributed by atoms with Gasteiger partial charge in [0.1, 0.15) is 0 Å². The van der Waals surface area contributed by atoms with Crippen molar-refractivity contribution in [3.8, 4) is 0 Å². The van der Waals surface area contributed by atoms with Crippen LogP contribution in [0.3, 0.4) is 0 Å². The first-order chi connectivity index (χ1) is 3.41. The summed E-state index contributed by atoms with van der Waals surface area (Å²) >= 11 is 5.89. The molecule has 7 heavy (non-hydrogen) atoms. The second-order valence-corrected chi connectivity index (χ2v) is 1.52. The maximum Gasteiger partial charge on any atom is 0.293 e. The van der Waals surface area contributed by atoms with E-state index >= 15 is 0 Å². The van der Waals surface area contributed by atoms with Crippen LogP contribution in [-0.4, -0.2) is 21.1 Å². The van der Waals surface area contributed by atoms with Crippen molar-refractivity contribution in [2.75, 3.05) is 5.75 Å². The number of unbranched alkanes of at least 4 members (excludes halogenated alkanes) is 1. The first kappa shape index (κ1) is 11.0. The van der Waals surface area contributed by atoms with Crippen LogP contribution < -0.4 is 0 Å². The number of thiol groups is 1. The van der Waals surface area contributed by atoms with E-state index < -0.39 is 0 Å². The lowest BCUT2D eigenvalue weighted by molar-refractivity contribution is 0.899. The van der Waals surface area contributed by atoms with E-state index in [9.17, 15) is 0 Å². The van der Waals surface area contributed by atoms with Crippen LogP contribution in [0.4, 0.5) is 0 Å². The zero-order valence-corrected chi connectivity index (χ0v) is 7.33. The third-order valence-electron chi connectivity index (χ3n) is 0.512. The average Bonchev–Trinajstić information content (AvgIpc) is 1.75. The van der Waals surface area contributed by atoms with Crippen molar-refractivity contribution in [1.29, 1.82) is 0 Å². The van der Waals surface area contributed by atoms with Gasteiger partial charge in [0.2, 0.25) is 0 Å². The molecule has 0 heterocycles. The summed E-state index contributed by atoms with van der Waals surface area (Å²) in [5, 5.41) is 0. The molecule has 0 aromatic heterocycles. The topological polar surface area (TPSA) is 0 Å². The van der Waals surface area contributed by atoms with Crippen LogP contribution in [0.1, 0.15) is 19.8 Å². The highest BCUT2D eigenvalue weighted by Gasteiger charge is 1.68. The third-order valence-corrected chi connectivity index (χ3v) is 0.828. The first-order valence-electron chi connectivity index (χ1n) is 2.24. The Bertz CT molecular complexity index is 19.2. The molecular formula is C4H10AlClS.